The molecule has 0 saturated carbocycles. The number of hydrogen-bond donors (Lipinski definition) is 1. The number of aryl methyl sites for hydroxylation is 1. The quantitative estimate of drug-likeness (QED) is 0.739. The molecule has 1 heterocycles. The predicted molar refractivity (Wildman–Crippen MR) is 103 cm³/mol. The molecule has 4 nitrogen and oxygen atoms in total. The normalized spacial score (nSPS) is 17.3. The summed E-state index contributed by atoms with van der Waals surface area (Å²) < 4.78 is 0. The molecule has 0 radical (unpaired) electrons. The van der Waals surface area contributed by atoms with Crippen LogP contribution in [0.3, 0.4) is 0 Å². The van der Waals surface area contributed by atoms with Crippen LogP contribution in [-0.2, 0) is 4.79 Å². The van der Waals surface area contributed by atoms with E-state index in [1.165, 1.54) is 4.90 Å². The highest BCUT2D eigenvalue weighted by Crippen LogP contribution is 2.33. The van der Waals surface area contributed by atoms with Gasteiger partial charge < -0.3 is 5.32 Å². The molecule has 0 aliphatic carbocycles. The first kappa shape index (κ1) is 15.7. The Hall–Kier alpha value is -2.79. The largest absolute Gasteiger partial charge is 0.365 e. The summed E-state index contributed by atoms with van der Waals surface area (Å²) >= 11 is 1.01. The average molecular weight is 348 g/mol. The van der Waals surface area contributed by atoms with Crippen molar-refractivity contribution in [1.29, 1.82) is 0 Å². The molecular weight excluding hydrogens is 332 g/mol. The molecule has 3 aromatic carbocycles. The van der Waals surface area contributed by atoms with E-state index in [-0.39, 0.29) is 11.1 Å². The van der Waals surface area contributed by atoms with Gasteiger partial charge >= 0.3 is 0 Å². The second-order valence-electron chi connectivity index (χ2n) is 5.98. The Kier molecular flexibility index (Phi) is 3.93. The Labute approximate surface area is 149 Å². The fourth-order valence-corrected chi connectivity index (χ4v) is 3.76. The minimum absolute atomic E-state index is 0.244. The van der Waals surface area contributed by atoms with E-state index in [0.29, 0.717) is 5.69 Å². The van der Waals surface area contributed by atoms with Crippen LogP contribution in [-0.4, -0.2) is 16.5 Å². The minimum atomic E-state index is -0.616. The van der Waals surface area contributed by atoms with E-state index in [9.17, 15) is 9.59 Å². The third-order valence-electron chi connectivity index (χ3n) is 4.19. The summed E-state index contributed by atoms with van der Waals surface area (Å²) in [4.78, 5) is 26.2. The number of hydrogen-bond acceptors (Lipinski definition) is 4. The van der Waals surface area contributed by atoms with Crippen molar-refractivity contribution >= 4 is 45.1 Å². The molecule has 25 heavy (non-hydrogen) atoms. The van der Waals surface area contributed by atoms with Gasteiger partial charge in [0.2, 0.25) is 0 Å². The molecular formula is C20H16N2O2S. The van der Waals surface area contributed by atoms with E-state index in [4.69, 9.17) is 0 Å². The lowest BCUT2D eigenvalue weighted by atomic mass is 10.1. The van der Waals surface area contributed by atoms with Crippen molar-refractivity contribution in [2.45, 2.75) is 12.3 Å². The summed E-state index contributed by atoms with van der Waals surface area (Å²) in [7, 11) is 0. The van der Waals surface area contributed by atoms with E-state index < -0.39 is 5.37 Å². The smallest absolute Gasteiger partial charge is 0.295 e. The van der Waals surface area contributed by atoms with Crippen molar-refractivity contribution in [3.05, 3.63) is 72.3 Å². The van der Waals surface area contributed by atoms with E-state index in [2.05, 4.69) is 5.32 Å². The molecule has 2 amide bonds. The number of anilines is 2. The number of carbonyl (C=O) groups is 2. The van der Waals surface area contributed by atoms with Crippen molar-refractivity contribution in [3.8, 4) is 0 Å². The second-order valence-corrected chi connectivity index (χ2v) is 7.04. The van der Waals surface area contributed by atoms with Crippen LogP contribution in [0.4, 0.5) is 16.2 Å². The summed E-state index contributed by atoms with van der Waals surface area (Å²) in [6, 6.07) is 21.3. The Morgan fingerprint density at radius 1 is 0.920 bits per heavy atom. The van der Waals surface area contributed by atoms with E-state index in [1.54, 1.807) is 12.1 Å². The Morgan fingerprint density at radius 3 is 2.40 bits per heavy atom. The molecule has 124 valence electrons. The van der Waals surface area contributed by atoms with Crippen LogP contribution in [0.5, 0.6) is 0 Å². The molecule has 0 bridgehead atoms. The van der Waals surface area contributed by atoms with Crippen LogP contribution < -0.4 is 10.2 Å². The van der Waals surface area contributed by atoms with Crippen molar-refractivity contribution in [2.24, 2.45) is 0 Å². The lowest BCUT2D eigenvalue weighted by Gasteiger charge is -2.15. The molecule has 1 atom stereocenters. The monoisotopic (exact) mass is 348 g/mol. The van der Waals surface area contributed by atoms with Gasteiger partial charge in [-0.1, -0.05) is 48.0 Å². The number of nitrogens with one attached hydrogen (secondary N) is 1. The number of imide groups is 1. The third-order valence-corrected chi connectivity index (χ3v) is 5.12. The van der Waals surface area contributed by atoms with E-state index in [1.807, 2.05) is 61.5 Å². The lowest BCUT2D eigenvalue weighted by molar-refractivity contribution is -0.116. The van der Waals surface area contributed by atoms with Crippen molar-refractivity contribution in [1.82, 2.24) is 0 Å². The molecule has 1 fully saturated rings. The van der Waals surface area contributed by atoms with Crippen LogP contribution >= 0.6 is 11.8 Å². The molecule has 1 N–H and O–H groups in total. The van der Waals surface area contributed by atoms with Crippen LogP contribution in [0.15, 0.2) is 66.7 Å². The Balaban J connectivity index is 1.57. The summed E-state index contributed by atoms with van der Waals surface area (Å²) in [6.07, 6.45) is 0. The molecule has 3 aromatic rings. The second kappa shape index (κ2) is 6.26. The number of rotatable bonds is 3. The summed E-state index contributed by atoms with van der Waals surface area (Å²) in [5, 5.41) is 4.52. The maximum absolute atomic E-state index is 12.7. The van der Waals surface area contributed by atoms with Crippen molar-refractivity contribution in [2.75, 3.05) is 10.2 Å². The van der Waals surface area contributed by atoms with Gasteiger partial charge in [-0.25, -0.2) is 4.90 Å². The number of amides is 2. The first-order valence-electron chi connectivity index (χ1n) is 7.98. The molecule has 1 saturated heterocycles. The zero-order valence-electron chi connectivity index (χ0n) is 13.6. The van der Waals surface area contributed by atoms with Crippen molar-refractivity contribution < 1.29 is 9.59 Å². The fraction of sp³-hybridized carbons (Fsp3) is 0.100. The van der Waals surface area contributed by atoms with Gasteiger partial charge in [0.15, 0.2) is 5.37 Å². The highest BCUT2D eigenvalue weighted by molar-refractivity contribution is 8.16. The van der Waals surface area contributed by atoms with Crippen LogP contribution in [0.25, 0.3) is 10.8 Å². The van der Waals surface area contributed by atoms with Crippen LogP contribution in [0.2, 0.25) is 0 Å². The highest BCUT2D eigenvalue weighted by atomic mass is 32.2. The van der Waals surface area contributed by atoms with Gasteiger partial charge in [0.1, 0.15) is 0 Å². The van der Waals surface area contributed by atoms with Gasteiger partial charge in [-0.15, -0.1) is 0 Å². The zero-order valence-corrected chi connectivity index (χ0v) is 14.4. The van der Waals surface area contributed by atoms with Gasteiger partial charge in [-0.2, -0.15) is 0 Å². The zero-order chi connectivity index (χ0) is 17.4. The first-order chi connectivity index (χ1) is 12.1. The molecule has 1 aliphatic heterocycles. The fourth-order valence-electron chi connectivity index (χ4n) is 2.86. The van der Waals surface area contributed by atoms with Gasteiger partial charge in [0, 0.05) is 5.69 Å². The average Bonchev–Trinajstić information content (AvgIpc) is 2.89. The third kappa shape index (κ3) is 2.98. The molecule has 5 heteroatoms. The van der Waals surface area contributed by atoms with E-state index >= 15 is 0 Å². The Bertz CT molecular complexity index is 969. The number of carbonyl (C=O) groups excluding carboxylic acids is 2. The summed E-state index contributed by atoms with van der Waals surface area (Å²) in [6.45, 7) is 1.97. The predicted octanol–water partition coefficient (Wildman–Crippen LogP) is 4.79. The number of thioether (sulfide) groups is 1. The maximum Gasteiger partial charge on any atom is 0.295 e. The molecule has 0 aromatic heterocycles. The van der Waals surface area contributed by atoms with Gasteiger partial charge in [0.25, 0.3) is 11.1 Å². The topological polar surface area (TPSA) is 49.4 Å². The number of nitrogens with zero attached hydrogens (tertiary/aromatic N) is 1. The van der Waals surface area contributed by atoms with Crippen molar-refractivity contribution in [3.63, 3.8) is 0 Å². The molecule has 0 unspecified atom stereocenters. The maximum atomic E-state index is 12.7. The summed E-state index contributed by atoms with van der Waals surface area (Å²) in [5.74, 6) is -0.244. The van der Waals surface area contributed by atoms with Gasteiger partial charge in [-0.05, 0) is 53.7 Å². The first-order valence-corrected chi connectivity index (χ1v) is 8.86. The number of benzene rings is 3. The molecule has 1 aliphatic rings. The highest BCUT2D eigenvalue weighted by Gasteiger charge is 2.40. The van der Waals surface area contributed by atoms with Gasteiger partial charge in [0.05, 0.1) is 5.69 Å². The minimum Gasteiger partial charge on any atom is -0.365 e. The summed E-state index contributed by atoms with van der Waals surface area (Å²) in [5.41, 5.74) is 2.51. The van der Waals surface area contributed by atoms with E-state index in [0.717, 1.165) is 33.8 Å². The van der Waals surface area contributed by atoms with Crippen LogP contribution in [0.1, 0.15) is 5.56 Å². The molecule has 0 spiro atoms. The van der Waals surface area contributed by atoms with Crippen LogP contribution in [0, 0.1) is 6.92 Å². The standard InChI is InChI=1S/C20H16N2O2S/c1-13-6-10-17(11-7-13)22-19(23)18(25-20(22)24)21-16-9-8-14-4-2-3-5-15(14)12-16/h2-12,18,21H,1H3/t18-/m0/s1. The lowest BCUT2D eigenvalue weighted by Crippen LogP contribution is -2.34. The SMILES string of the molecule is Cc1ccc(N2C(=O)S[C@H](Nc3ccc4ccccc4c3)C2=O)cc1. The van der Waals surface area contributed by atoms with Gasteiger partial charge in [-0.3, -0.25) is 9.59 Å². The Morgan fingerprint density at radius 2 is 1.64 bits per heavy atom. The molecule has 4 rings (SSSR count). The number of fused-ring (bicyclic) bond motifs is 1.